The van der Waals surface area contributed by atoms with Gasteiger partial charge in [-0.15, -0.1) is 0 Å². The van der Waals surface area contributed by atoms with Crippen LogP contribution >= 0.6 is 0 Å². The summed E-state index contributed by atoms with van der Waals surface area (Å²) in [5.41, 5.74) is 2.58. The minimum Gasteiger partial charge on any atom is -0.471 e. The van der Waals surface area contributed by atoms with E-state index in [4.69, 9.17) is 9.15 Å². The van der Waals surface area contributed by atoms with Gasteiger partial charge in [-0.2, -0.15) is 0 Å². The van der Waals surface area contributed by atoms with Gasteiger partial charge in [0.2, 0.25) is 0 Å². The molecule has 7 nitrogen and oxygen atoms in total. The zero-order valence-corrected chi connectivity index (χ0v) is 24.5. The Bertz CT molecular complexity index is 1810. The highest BCUT2D eigenvalue weighted by Crippen LogP contribution is 2.38. The summed E-state index contributed by atoms with van der Waals surface area (Å²) in [7, 11) is 1.52. The fourth-order valence-corrected chi connectivity index (χ4v) is 5.04. The Labute approximate surface area is 248 Å². The molecule has 0 radical (unpaired) electrons. The number of hydrogen-bond donors (Lipinski definition) is 1. The third-order valence-electron chi connectivity index (χ3n) is 7.42. The third kappa shape index (κ3) is 5.34. The van der Waals surface area contributed by atoms with E-state index in [1.807, 2.05) is 27.7 Å². The van der Waals surface area contributed by atoms with E-state index >= 15 is 0 Å². The minimum atomic E-state index is -0.797. The monoisotopic (exact) mass is 583 g/mol. The SMILES string of the molecule is CC.CNC(=O)c1c(-c2ccc(F)cc2)oc2ccc(-c3ccc4c(n3)C(=O)N(C(C)(C)c3ccc(F)cc3)CO4)cc12. The lowest BCUT2D eigenvalue weighted by Gasteiger charge is -2.41. The second-order valence-corrected chi connectivity index (χ2v) is 10.2. The molecule has 2 aromatic heterocycles. The maximum absolute atomic E-state index is 13.7. The molecule has 0 aliphatic carbocycles. The molecule has 0 unspecified atom stereocenters. The van der Waals surface area contributed by atoms with Gasteiger partial charge in [-0.1, -0.05) is 26.0 Å². The quantitative estimate of drug-likeness (QED) is 0.231. The standard InChI is InChI=1S/C32H25F2N3O4.C2H6/c1-32(2,20-7-11-22(34)12-8-20)37-17-40-26-15-13-24(36-28(26)31(37)39)19-6-14-25-23(16-19)27(30(38)35-3)29(41-25)18-4-9-21(33)10-5-18;1-2/h4-16H,17H2,1-3H3,(H,35,38);1-2H3. The summed E-state index contributed by atoms with van der Waals surface area (Å²) in [4.78, 5) is 32.8. The van der Waals surface area contributed by atoms with Crippen LogP contribution < -0.4 is 10.1 Å². The molecule has 0 fully saturated rings. The lowest BCUT2D eigenvalue weighted by molar-refractivity contribution is 0.0158. The maximum Gasteiger partial charge on any atom is 0.279 e. The second kappa shape index (κ2) is 11.7. The van der Waals surface area contributed by atoms with E-state index in [0.29, 0.717) is 44.9 Å². The molecule has 5 aromatic rings. The number of fused-ring (bicyclic) bond motifs is 2. The van der Waals surface area contributed by atoms with Gasteiger partial charge in [0.05, 0.1) is 16.8 Å². The van der Waals surface area contributed by atoms with Crippen LogP contribution in [0.2, 0.25) is 0 Å². The zero-order valence-electron chi connectivity index (χ0n) is 24.5. The lowest BCUT2D eigenvalue weighted by atomic mass is 9.91. The van der Waals surface area contributed by atoms with Gasteiger partial charge in [-0.25, -0.2) is 13.8 Å². The Hall–Kier alpha value is -5.05. The summed E-state index contributed by atoms with van der Waals surface area (Å²) in [5, 5.41) is 3.19. The van der Waals surface area contributed by atoms with Crippen molar-refractivity contribution in [2.45, 2.75) is 33.2 Å². The number of nitrogens with one attached hydrogen (secondary N) is 1. The van der Waals surface area contributed by atoms with Crippen LogP contribution in [-0.2, 0) is 5.54 Å². The first-order valence-electron chi connectivity index (χ1n) is 13.9. The molecule has 0 atom stereocenters. The fourth-order valence-electron chi connectivity index (χ4n) is 5.04. The number of amides is 2. The number of pyridine rings is 1. The number of ether oxygens (including phenoxy) is 1. The molecule has 2 amide bonds. The van der Waals surface area contributed by atoms with Crippen LogP contribution in [0.3, 0.4) is 0 Å². The summed E-state index contributed by atoms with van der Waals surface area (Å²) in [6, 6.07) is 20.5. The smallest absolute Gasteiger partial charge is 0.279 e. The van der Waals surface area contributed by atoms with Crippen molar-refractivity contribution in [3.63, 3.8) is 0 Å². The van der Waals surface area contributed by atoms with Crippen molar-refractivity contribution in [1.29, 1.82) is 0 Å². The number of benzene rings is 3. The van der Waals surface area contributed by atoms with Crippen molar-refractivity contribution >= 4 is 22.8 Å². The van der Waals surface area contributed by atoms with E-state index in [2.05, 4.69) is 10.3 Å². The Morgan fingerprint density at radius 1 is 0.907 bits per heavy atom. The van der Waals surface area contributed by atoms with Crippen molar-refractivity contribution in [1.82, 2.24) is 15.2 Å². The van der Waals surface area contributed by atoms with Crippen LogP contribution in [0, 0.1) is 11.6 Å². The number of carbonyl (C=O) groups excluding carboxylic acids is 2. The number of nitrogens with zero attached hydrogens (tertiary/aromatic N) is 2. The lowest BCUT2D eigenvalue weighted by Crippen LogP contribution is -2.50. The zero-order chi connectivity index (χ0) is 30.9. The summed E-state index contributed by atoms with van der Waals surface area (Å²) in [5.74, 6) is -0.764. The van der Waals surface area contributed by atoms with Crippen LogP contribution in [0.5, 0.6) is 5.75 Å². The topological polar surface area (TPSA) is 84.7 Å². The number of furan rings is 1. The second-order valence-electron chi connectivity index (χ2n) is 10.2. The molecule has 1 N–H and O–H groups in total. The molecule has 3 aromatic carbocycles. The van der Waals surface area contributed by atoms with Crippen molar-refractivity contribution in [3.05, 3.63) is 107 Å². The van der Waals surface area contributed by atoms with Crippen LogP contribution in [0.4, 0.5) is 8.78 Å². The van der Waals surface area contributed by atoms with Gasteiger partial charge in [-0.05, 0) is 86.1 Å². The number of aromatic nitrogens is 1. The summed E-state index contributed by atoms with van der Waals surface area (Å²) < 4.78 is 39.0. The molecule has 1 aliphatic rings. The molecule has 0 saturated carbocycles. The number of hydrogen-bond acceptors (Lipinski definition) is 5. The molecule has 0 saturated heterocycles. The maximum atomic E-state index is 13.7. The molecular formula is C34H31F2N3O4. The van der Waals surface area contributed by atoms with E-state index in [0.717, 1.165) is 5.56 Å². The Balaban J connectivity index is 0.00000180. The molecule has 3 heterocycles. The Morgan fingerprint density at radius 3 is 2.19 bits per heavy atom. The van der Waals surface area contributed by atoms with E-state index in [9.17, 15) is 18.4 Å². The van der Waals surface area contributed by atoms with Crippen molar-refractivity contribution in [3.8, 4) is 28.3 Å². The highest BCUT2D eigenvalue weighted by atomic mass is 19.1. The average molecular weight is 584 g/mol. The number of rotatable bonds is 5. The summed E-state index contributed by atoms with van der Waals surface area (Å²) in [6.07, 6.45) is 0. The summed E-state index contributed by atoms with van der Waals surface area (Å²) >= 11 is 0. The van der Waals surface area contributed by atoms with E-state index in [1.54, 1.807) is 59.5 Å². The largest absolute Gasteiger partial charge is 0.471 e. The average Bonchev–Trinajstić information content (AvgIpc) is 3.41. The van der Waals surface area contributed by atoms with Crippen LogP contribution in [-0.4, -0.2) is 35.5 Å². The van der Waals surface area contributed by atoms with Crippen LogP contribution in [0.15, 0.2) is 83.3 Å². The van der Waals surface area contributed by atoms with Crippen LogP contribution in [0.1, 0.15) is 54.1 Å². The Kier molecular flexibility index (Phi) is 8.00. The van der Waals surface area contributed by atoms with Gasteiger partial charge in [0.15, 0.2) is 18.2 Å². The van der Waals surface area contributed by atoms with Gasteiger partial charge < -0.3 is 14.5 Å². The molecule has 43 heavy (non-hydrogen) atoms. The van der Waals surface area contributed by atoms with Crippen molar-refractivity contribution < 1.29 is 27.5 Å². The minimum absolute atomic E-state index is 0.0138. The van der Waals surface area contributed by atoms with Gasteiger partial charge in [0.25, 0.3) is 11.8 Å². The molecule has 0 spiro atoms. The molecule has 0 bridgehead atoms. The highest BCUT2D eigenvalue weighted by molar-refractivity contribution is 6.11. The first kappa shape index (κ1) is 29.4. The molecule has 6 rings (SSSR count). The number of carbonyl (C=O) groups is 2. The predicted molar refractivity (Wildman–Crippen MR) is 161 cm³/mol. The van der Waals surface area contributed by atoms with Crippen molar-refractivity contribution in [2.24, 2.45) is 0 Å². The van der Waals surface area contributed by atoms with E-state index in [-0.39, 0.29) is 30.1 Å². The normalized spacial score (nSPS) is 12.7. The van der Waals surface area contributed by atoms with Gasteiger partial charge >= 0.3 is 0 Å². The third-order valence-corrected chi connectivity index (χ3v) is 7.42. The first-order chi connectivity index (χ1) is 20.7. The van der Waals surface area contributed by atoms with Gasteiger partial charge in [0, 0.05) is 23.6 Å². The predicted octanol–water partition coefficient (Wildman–Crippen LogP) is 7.55. The molecular weight excluding hydrogens is 552 g/mol. The Morgan fingerprint density at radius 2 is 1.53 bits per heavy atom. The molecule has 220 valence electrons. The summed E-state index contributed by atoms with van der Waals surface area (Å²) in [6.45, 7) is 7.74. The number of halogens is 2. The first-order valence-corrected chi connectivity index (χ1v) is 13.9. The highest BCUT2D eigenvalue weighted by Gasteiger charge is 2.38. The van der Waals surface area contributed by atoms with Gasteiger partial charge in [-0.3, -0.25) is 14.5 Å². The van der Waals surface area contributed by atoms with Gasteiger partial charge in [0.1, 0.15) is 23.0 Å². The van der Waals surface area contributed by atoms with E-state index < -0.39 is 11.4 Å². The molecule has 1 aliphatic heterocycles. The fraction of sp³-hybridized carbons (Fsp3) is 0.206. The van der Waals surface area contributed by atoms with Crippen molar-refractivity contribution in [2.75, 3.05) is 13.8 Å². The van der Waals surface area contributed by atoms with E-state index in [1.165, 1.54) is 31.3 Å². The van der Waals surface area contributed by atoms with Crippen LogP contribution in [0.25, 0.3) is 33.6 Å². The molecule has 9 heteroatoms.